The second-order valence-corrected chi connectivity index (χ2v) is 5.95. The number of nitrogens with one attached hydrogen (secondary N) is 1. The van der Waals surface area contributed by atoms with Crippen LogP contribution in [0.2, 0.25) is 0 Å². The van der Waals surface area contributed by atoms with Crippen molar-refractivity contribution in [2.75, 3.05) is 32.1 Å². The summed E-state index contributed by atoms with van der Waals surface area (Å²) in [5.41, 5.74) is 1.24. The fourth-order valence-corrected chi connectivity index (χ4v) is 2.92. The van der Waals surface area contributed by atoms with E-state index < -0.39 is 11.9 Å². The van der Waals surface area contributed by atoms with Crippen LogP contribution in [0.4, 0.5) is 5.69 Å². The average molecular weight is 385 g/mol. The predicted octanol–water partition coefficient (Wildman–Crippen LogP) is 1.14. The number of hydrogen-bond acceptors (Lipinski definition) is 6. The molecule has 2 rings (SSSR count). The number of aliphatic hydroxyl groups excluding tert-OH is 1. The number of aliphatic hydroxyl groups is 1. The number of methoxy groups -OCH3 is 1. The summed E-state index contributed by atoms with van der Waals surface area (Å²) >= 11 is 3.27. The Kier molecular flexibility index (Phi) is 5.27. The molecule has 0 atom stereocenters. The van der Waals surface area contributed by atoms with Gasteiger partial charge in [0.2, 0.25) is 0 Å². The van der Waals surface area contributed by atoms with Crippen LogP contribution in [0.3, 0.4) is 0 Å². The second kappa shape index (κ2) is 7.01. The maximum atomic E-state index is 12.4. The second-order valence-electron chi connectivity index (χ2n) is 5.04. The monoisotopic (exact) mass is 384 g/mol. The molecule has 0 fully saturated rings. The molecule has 0 aliphatic carbocycles. The lowest BCUT2D eigenvalue weighted by Gasteiger charge is -2.16. The smallest absolute Gasteiger partial charge is 0.337 e. The van der Waals surface area contributed by atoms with Gasteiger partial charge in [0.05, 0.1) is 31.5 Å². The van der Waals surface area contributed by atoms with Gasteiger partial charge in [-0.15, -0.1) is 0 Å². The quantitative estimate of drug-likeness (QED) is 0.519. The number of halogens is 1. The molecule has 0 aromatic heterocycles. The Balaban J connectivity index is 2.41. The zero-order valence-corrected chi connectivity index (χ0v) is 14.3. The van der Waals surface area contributed by atoms with Crippen LogP contribution >= 0.6 is 15.9 Å². The topological polar surface area (TPSA) is 99.1 Å². The van der Waals surface area contributed by atoms with Crippen molar-refractivity contribution in [3.05, 3.63) is 33.4 Å². The van der Waals surface area contributed by atoms with Gasteiger partial charge in [-0.25, -0.2) is 4.79 Å². The highest BCUT2D eigenvalue weighted by molar-refractivity contribution is 9.10. The van der Waals surface area contributed by atoms with E-state index in [0.717, 1.165) is 0 Å². The van der Waals surface area contributed by atoms with Gasteiger partial charge in [-0.05, 0) is 24.6 Å². The number of carbonyl (C=O) groups is 2. The number of amides is 1. The van der Waals surface area contributed by atoms with Crippen molar-refractivity contribution < 1.29 is 24.5 Å². The number of rotatable bonds is 5. The lowest BCUT2D eigenvalue weighted by Crippen LogP contribution is -2.31. The molecule has 0 saturated carbocycles. The number of esters is 1. The third-order valence-corrected chi connectivity index (χ3v) is 3.94. The number of ether oxygens (including phenoxy) is 1. The molecule has 3 N–H and O–H groups in total. The summed E-state index contributed by atoms with van der Waals surface area (Å²) in [7, 11) is 1.23. The van der Waals surface area contributed by atoms with E-state index in [4.69, 9.17) is 9.84 Å². The molecule has 1 aromatic rings. The van der Waals surface area contributed by atoms with Gasteiger partial charge in [-0.2, -0.15) is 0 Å². The summed E-state index contributed by atoms with van der Waals surface area (Å²) in [6.45, 7) is 1.70. The first kappa shape index (κ1) is 17.3. The molecule has 23 heavy (non-hydrogen) atoms. The fourth-order valence-electron chi connectivity index (χ4n) is 2.36. The molecule has 1 amide bonds. The molecule has 8 heteroatoms. The van der Waals surface area contributed by atoms with Crippen LogP contribution in [0.15, 0.2) is 27.9 Å². The van der Waals surface area contributed by atoms with Gasteiger partial charge >= 0.3 is 5.97 Å². The summed E-state index contributed by atoms with van der Waals surface area (Å²) in [5, 5.41) is 21.9. The van der Waals surface area contributed by atoms with Gasteiger partial charge in [-0.3, -0.25) is 4.79 Å². The Hall–Kier alpha value is -2.06. The van der Waals surface area contributed by atoms with Crippen molar-refractivity contribution in [1.82, 2.24) is 4.90 Å². The van der Waals surface area contributed by atoms with E-state index in [1.807, 2.05) is 0 Å². The Labute approximate surface area is 141 Å². The first-order chi connectivity index (χ1) is 10.9. The van der Waals surface area contributed by atoms with Crippen LogP contribution in [0.25, 0.3) is 0 Å². The lowest BCUT2D eigenvalue weighted by molar-refractivity contribution is -0.136. The predicted molar refractivity (Wildman–Crippen MR) is 86.9 cm³/mol. The first-order valence-electron chi connectivity index (χ1n) is 6.86. The number of nitrogens with zero attached hydrogens (tertiary/aromatic N) is 1. The lowest BCUT2D eigenvalue weighted by atomic mass is 10.1. The molecular formula is C15H17BrN2O5. The number of hydrogen-bond donors (Lipinski definition) is 3. The molecule has 1 aromatic carbocycles. The number of aromatic hydroxyl groups is 1. The van der Waals surface area contributed by atoms with Gasteiger partial charge in [-0.1, -0.05) is 15.9 Å². The Morgan fingerprint density at radius 1 is 1.48 bits per heavy atom. The first-order valence-corrected chi connectivity index (χ1v) is 7.66. The summed E-state index contributed by atoms with van der Waals surface area (Å²) < 4.78 is 5.40. The zero-order valence-electron chi connectivity index (χ0n) is 12.7. The van der Waals surface area contributed by atoms with Gasteiger partial charge < -0.3 is 25.2 Å². The molecule has 7 nitrogen and oxygen atoms in total. The van der Waals surface area contributed by atoms with Gasteiger partial charge in [0.15, 0.2) is 0 Å². The van der Waals surface area contributed by atoms with Crippen LogP contribution in [-0.4, -0.2) is 53.8 Å². The number of aryl methyl sites for hydroxylation is 1. The highest BCUT2D eigenvalue weighted by Crippen LogP contribution is 2.33. The summed E-state index contributed by atoms with van der Waals surface area (Å²) in [6.07, 6.45) is 0. The highest BCUT2D eigenvalue weighted by Gasteiger charge is 2.35. The molecule has 1 heterocycles. The summed E-state index contributed by atoms with van der Waals surface area (Å²) in [4.78, 5) is 25.7. The molecular weight excluding hydrogens is 368 g/mol. The summed E-state index contributed by atoms with van der Waals surface area (Å²) in [5.74, 6) is -1.11. The number of phenolic OH excluding ortho intramolecular Hbond substituents is 1. The van der Waals surface area contributed by atoms with Crippen molar-refractivity contribution in [2.24, 2.45) is 0 Å². The van der Waals surface area contributed by atoms with Crippen molar-refractivity contribution in [3.63, 3.8) is 0 Å². The van der Waals surface area contributed by atoms with Crippen LogP contribution < -0.4 is 5.32 Å². The molecule has 0 unspecified atom stereocenters. The minimum Gasteiger partial charge on any atom is -0.506 e. The normalized spacial score (nSPS) is 14.4. The Morgan fingerprint density at radius 2 is 2.17 bits per heavy atom. The van der Waals surface area contributed by atoms with E-state index in [1.54, 1.807) is 13.0 Å². The van der Waals surface area contributed by atoms with Crippen molar-refractivity contribution in [1.29, 1.82) is 0 Å². The Morgan fingerprint density at radius 3 is 2.74 bits per heavy atom. The molecule has 124 valence electrons. The third-order valence-electron chi connectivity index (χ3n) is 3.48. The van der Waals surface area contributed by atoms with E-state index in [2.05, 4.69) is 21.2 Å². The molecule has 1 aliphatic rings. The fraction of sp³-hybridized carbons (Fsp3) is 0.333. The minimum atomic E-state index is -0.629. The average Bonchev–Trinajstić information content (AvgIpc) is 2.79. The Bertz CT molecular complexity index is 663. The van der Waals surface area contributed by atoms with Crippen LogP contribution in [0, 0.1) is 6.92 Å². The number of β-amino-alcohol motifs (C(OH)–C–C–N with tert-alkyl or cyclic N) is 1. The van der Waals surface area contributed by atoms with Crippen molar-refractivity contribution >= 4 is 33.5 Å². The highest BCUT2D eigenvalue weighted by atomic mass is 79.9. The largest absolute Gasteiger partial charge is 0.506 e. The third kappa shape index (κ3) is 3.48. The van der Waals surface area contributed by atoms with Crippen molar-refractivity contribution in [3.8, 4) is 5.75 Å². The van der Waals surface area contributed by atoms with E-state index in [0.29, 0.717) is 15.7 Å². The maximum absolute atomic E-state index is 12.4. The molecule has 0 radical (unpaired) electrons. The number of carbonyl (C=O) groups excluding carboxylic acids is 2. The van der Waals surface area contributed by atoms with E-state index >= 15 is 0 Å². The summed E-state index contributed by atoms with van der Waals surface area (Å²) in [6, 6.07) is 3.25. The van der Waals surface area contributed by atoms with Crippen LogP contribution in [0.5, 0.6) is 5.75 Å². The minimum absolute atomic E-state index is 0.0464. The molecule has 0 bridgehead atoms. The number of phenols is 1. The molecule has 1 aliphatic heterocycles. The maximum Gasteiger partial charge on any atom is 0.337 e. The van der Waals surface area contributed by atoms with E-state index in [-0.39, 0.29) is 36.7 Å². The van der Waals surface area contributed by atoms with E-state index in [9.17, 15) is 14.7 Å². The van der Waals surface area contributed by atoms with Gasteiger partial charge in [0.1, 0.15) is 11.4 Å². The molecule has 0 spiro atoms. The van der Waals surface area contributed by atoms with Crippen LogP contribution in [-0.2, 0) is 14.3 Å². The number of anilines is 1. The van der Waals surface area contributed by atoms with Crippen molar-refractivity contribution in [2.45, 2.75) is 6.92 Å². The van der Waals surface area contributed by atoms with Gasteiger partial charge in [0, 0.05) is 11.0 Å². The van der Waals surface area contributed by atoms with Crippen LogP contribution in [0.1, 0.15) is 5.56 Å². The van der Waals surface area contributed by atoms with Gasteiger partial charge in [0.25, 0.3) is 5.91 Å². The molecule has 0 saturated heterocycles. The van der Waals surface area contributed by atoms with E-state index in [1.165, 1.54) is 18.1 Å². The standard InChI is InChI=1S/C15H17BrN2O5/c1-8-5-9(16)6-11(20)12(8)17-13-10(15(22)23-2)7-18(3-4-19)14(13)21/h5-6,17,19-20H,3-4,7H2,1-2H3. The zero-order chi connectivity index (χ0) is 17.1. The SMILES string of the molecule is COC(=O)C1=C(Nc2c(C)cc(Br)cc2O)C(=O)N(CCO)C1. The number of benzene rings is 1.